The van der Waals surface area contributed by atoms with Crippen LogP contribution in [-0.2, 0) is 14.8 Å². The van der Waals surface area contributed by atoms with Crippen molar-refractivity contribution in [2.75, 3.05) is 13.2 Å². The molecule has 0 atom stereocenters. The summed E-state index contributed by atoms with van der Waals surface area (Å²) in [5.74, 6) is -0.143. The van der Waals surface area contributed by atoms with Gasteiger partial charge < -0.3 is 10.5 Å². The third kappa shape index (κ3) is 6.79. The second-order valence-electron chi connectivity index (χ2n) is 4.26. The van der Waals surface area contributed by atoms with Crippen LogP contribution in [0.3, 0.4) is 0 Å². The Labute approximate surface area is 131 Å². The van der Waals surface area contributed by atoms with Gasteiger partial charge in [0, 0.05) is 0 Å². The molecule has 1 rings (SSSR count). The summed E-state index contributed by atoms with van der Waals surface area (Å²) < 4.78 is 30.9. The van der Waals surface area contributed by atoms with Crippen LogP contribution in [0.25, 0.3) is 0 Å². The van der Waals surface area contributed by atoms with Crippen LogP contribution in [0.5, 0.6) is 5.75 Å². The van der Waals surface area contributed by atoms with Crippen molar-refractivity contribution in [2.45, 2.75) is 31.1 Å². The van der Waals surface area contributed by atoms with Gasteiger partial charge >= 0.3 is 0 Å². The SMILES string of the molecule is CCCCCOc1ccc(S(=O)(=O)NC(=O)CN)cc1.Cl. The first-order chi connectivity index (χ1) is 9.49. The van der Waals surface area contributed by atoms with Crippen molar-refractivity contribution in [3.8, 4) is 5.75 Å². The van der Waals surface area contributed by atoms with Crippen LogP contribution in [0, 0.1) is 0 Å². The summed E-state index contributed by atoms with van der Waals surface area (Å²) in [6, 6.07) is 5.91. The summed E-state index contributed by atoms with van der Waals surface area (Å²) in [6.45, 7) is 2.33. The van der Waals surface area contributed by atoms with Gasteiger partial charge in [0.05, 0.1) is 18.0 Å². The van der Waals surface area contributed by atoms with Crippen LogP contribution in [0.4, 0.5) is 0 Å². The lowest BCUT2D eigenvalue weighted by molar-refractivity contribution is -0.118. The maximum absolute atomic E-state index is 11.8. The smallest absolute Gasteiger partial charge is 0.264 e. The maximum Gasteiger partial charge on any atom is 0.264 e. The number of unbranched alkanes of at least 4 members (excludes halogenated alkanes) is 2. The molecule has 0 unspecified atom stereocenters. The summed E-state index contributed by atoms with van der Waals surface area (Å²) in [4.78, 5) is 11.0. The van der Waals surface area contributed by atoms with Crippen LogP contribution < -0.4 is 15.2 Å². The molecule has 0 saturated carbocycles. The van der Waals surface area contributed by atoms with E-state index in [0.717, 1.165) is 19.3 Å². The van der Waals surface area contributed by atoms with E-state index in [9.17, 15) is 13.2 Å². The van der Waals surface area contributed by atoms with Gasteiger partial charge in [0.15, 0.2) is 0 Å². The third-order valence-electron chi connectivity index (χ3n) is 2.58. The highest BCUT2D eigenvalue weighted by Gasteiger charge is 2.16. The first-order valence-corrected chi connectivity index (χ1v) is 7.96. The Hall–Kier alpha value is -1.31. The van der Waals surface area contributed by atoms with Crippen molar-refractivity contribution >= 4 is 28.3 Å². The number of halogens is 1. The van der Waals surface area contributed by atoms with Gasteiger partial charge in [-0.15, -0.1) is 12.4 Å². The molecule has 0 aromatic heterocycles. The van der Waals surface area contributed by atoms with E-state index < -0.39 is 15.9 Å². The number of nitrogens with two attached hydrogens (primary N) is 1. The van der Waals surface area contributed by atoms with Crippen molar-refractivity contribution in [2.24, 2.45) is 5.73 Å². The fourth-order valence-electron chi connectivity index (χ4n) is 1.51. The lowest BCUT2D eigenvalue weighted by Crippen LogP contribution is -2.35. The first kappa shape index (κ1) is 19.7. The number of sulfonamides is 1. The Balaban J connectivity index is 0.00000400. The largest absolute Gasteiger partial charge is 0.494 e. The topological polar surface area (TPSA) is 98.5 Å². The number of carbonyl (C=O) groups is 1. The molecule has 120 valence electrons. The highest BCUT2D eigenvalue weighted by molar-refractivity contribution is 7.90. The Morgan fingerprint density at radius 2 is 1.86 bits per heavy atom. The van der Waals surface area contributed by atoms with Crippen LogP contribution in [0.1, 0.15) is 26.2 Å². The van der Waals surface area contributed by atoms with E-state index in [0.29, 0.717) is 12.4 Å². The molecule has 0 aliphatic rings. The van der Waals surface area contributed by atoms with Crippen molar-refractivity contribution in [3.05, 3.63) is 24.3 Å². The maximum atomic E-state index is 11.8. The van der Waals surface area contributed by atoms with E-state index in [-0.39, 0.29) is 23.8 Å². The van der Waals surface area contributed by atoms with Gasteiger partial charge in [0.25, 0.3) is 10.0 Å². The van der Waals surface area contributed by atoms with Gasteiger partial charge in [-0.1, -0.05) is 19.8 Å². The first-order valence-electron chi connectivity index (χ1n) is 6.48. The predicted octanol–water partition coefficient (Wildman–Crippen LogP) is 1.44. The van der Waals surface area contributed by atoms with Gasteiger partial charge in [0.2, 0.25) is 5.91 Å². The molecule has 1 aromatic rings. The van der Waals surface area contributed by atoms with Crippen molar-refractivity contribution in [1.29, 1.82) is 0 Å². The molecule has 3 N–H and O–H groups in total. The summed E-state index contributed by atoms with van der Waals surface area (Å²) in [6.07, 6.45) is 3.17. The van der Waals surface area contributed by atoms with E-state index in [4.69, 9.17) is 10.5 Å². The molecule has 21 heavy (non-hydrogen) atoms. The number of nitrogens with one attached hydrogen (secondary N) is 1. The van der Waals surface area contributed by atoms with E-state index in [2.05, 4.69) is 6.92 Å². The number of benzene rings is 1. The molecule has 6 nitrogen and oxygen atoms in total. The summed E-state index contributed by atoms with van der Waals surface area (Å²) in [5.41, 5.74) is 5.06. The number of hydrogen-bond donors (Lipinski definition) is 2. The zero-order valence-corrected chi connectivity index (χ0v) is 13.5. The molecule has 1 aromatic carbocycles. The molecule has 1 amide bonds. The molecule has 8 heteroatoms. The van der Waals surface area contributed by atoms with E-state index in [1.54, 1.807) is 12.1 Å². The fraction of sp³-hybridized carbons (Fsp3) is 0.462. The lowest BCUT2D eigenvalue weighted by atomic mass is 10.3. The highest BCUT2D eigenvalue weighted by atomic mass is 35.5. The molecule has 0 spiro atoms. The van der Waals surface area contributed by atoms with Gasteiger partial charge in [-0.2, -0.15) is 0 Å². The minimum Gasteiger partial charge on any atom is -0.494 e. The number of hydrogen-bond acceptors (Lipinski definition) is 5. The quantitative estimate of drug-likeness (QED) is 0.700. The van der Waals surface area contributed by atoms with E-state index in [1.807, 2.05) is 4.72 Å². The molecule has 0 aliphatic heterocycles. The number of rotatable bonds is 8. The van der Waals surface area contributed by atoms with Crippen molar-refractivity contribution in [3.63, 3.8) is 0 Å². The van der Waals surface area contributed by atoms with Crippen molar-refractivity contribution < 1.29 is 17.9 Å². The minimum absolute atomic E-state index is 0. The summed E-state index contributed by atoms with van der Waals surface area (Å²) in [7, 11) is -3.85. The van der Waals surface area contributed by atoms with Gasteiger partial charge in [0.1, 0.15) is 5.75 Å². The minimum atomic E-state index is -3.85. The molecule has 0 heterocycles. The van der Waals surface area contributed by atoms with Crippen LogP contribution in [0.2, 0.25) is 0 Å². The van der Waals surface area contributed by atoms with Gasteiger partial charge in [-0.05, 0) is 30.7 Å². The standard InChI is InChI=1S/C13H20N2O4S.ClH/c1-2-3-4-9-19-11-5-7-12(8-6-11)20(17,18)15-13(16)10-14;/h5-8H,2-4,9-10,14H2,1H3,(H,15,16);1H. The summed E-state index contributed by atoms with van der Waals surface area (Å²) in [5, 5.41) is 0. The third-order valence-corrected chi connectivity index (χ3v) is 3.97. The van der Waals surface area contributed by atoms with E-state index in [1.165, 1.54) is 12.1 Å². The Morgan fingerprint density at radius 3 is 2.38 bits per heavy atom. The average Bonchev–Trinajstić information content (AvgIpc) is 2.43. The summed E-state index contributed by atoms with van der Waals surface area (Å²) >= 11 is 0. The van der Waals surface area contributed by atoms with Crippen molar-refractivity contribution in [1.82, 2.24) is 4.72 Å². The molecule has 0 aliphatic carbocycles. The normalized spacial score (nSPS) is 10.6. The molecular formula is C13H21ClN2O4S. The average molecular weight is 337 g/mol. The Kier molecular flexibility index (Phi) is 9.00. The zero-order valence-electron chi connectivity index (χ0n) is 11.9. The number of carbonyl (C=O) groups excluding carboxylic acids is 1. The fourth-order valence-corrected chi connectivity index (χ4v) is 2.50. The second-order valence-corrected chi connectivity index (χ2v) is 5.94. The van der Waals surface area contributed by atoms with Crippen LogP contribution in [-0.4, -0.2) is 27.5 Å². The second kappa shape index (κ2) is 9.59. The van der Waals surface area contributed by atoms with Gasteiger partial charge in [-0.3, -0.25) is 4.79 Å². The lowest BCUT2D eigenvalue weighted by Gasteiger charge is -2.08. The predicted molar refractivity (Wildman–Crippen MR) is 83.1 cm³/mol. The molecule has 0 radical (unpaired) electrons. The van der Waals surface area contributed by atoms with Gasteiger partial charge in [-0.25, -0.2) is 13.1 Å². The molecular weight excluding hydrogens is 316 g/mol. The number of amides is 1. The number of ether oxygens (including phenoxy) is 1. The van der Waals surface area contributed by atoms with Crippen LogP contribution >= 0.6 is 12.4 Å². The molecule has 0 fully saturated rings. The van der Waals surface area contributed by atoms with Crippen LogP contribution in [0.15, 0.2) is 29.2 Å². The zero-order chi connectivity index (χ0) is 15.0. The Morgan fingerprint density at radius 1 is 1.24 bits per heavy atom. The monoisotopic (exact) mass is 336 g/mol. The molecule has 0 bridgehead atoms. The Bertz CT molecular complexity index is 532. The van der Waals surface area contributed by atoms with E-state index >= 15 is 0 Å². The molecule has 0 saturated heterocycles. The highest BCUT2D eigenvalue weighted by Crippen LogP contribution is 2.16.